The van der Waals surface area contributed by atoms with Gasteiger partial charge in [-0.1, -0.05) is 60.7 Å². The van der Waals surface area contributed by atoms with Crippen LogP contribution in [-0.4, -0.2) is 10.8 Å². The summed E-state index contributed by atoms with van der Waals surface area (Å²) < 4.78 is 0. The first-order chi connectivity index (χ1) is 10.3. The maximum atomic E-state index is 12.0. The fraction of sp³-hybridized carbons (Fsp3) is 0. The van der Waals surface area contributed by atoms with Crippen molar-refractivity contribution < 1.29 is 4.79 Å². The second-order valence-electron chi connectivity index (χ2n) is 4.76. The average molecular weight is 273 g/mol. The Morgan fingerprint density at radius 1 is 0.810 bits per heavy atom. The highest BCUT2D eigenvalue weighted by Gasteiger charge is 2.01. The molecule has 102 valence electrons. The Balaban J connectivity index is 1.76. The minimum Gasteiger partial charge on any atom is -0.355 e. The molecule has 0 saturated carbocycles. The Hall–Kier alpha value is -2.87. The zero-order chi connectivity index (χ0) is 14.5. The van der Waals surface area contributed by atoms with E-state index in [0.29, 0.717) is 5.56 Å². The quantitative estimate of drug-likeness (QED) is 0.548. The van der Waals surface area contributed by atoms with E-state index in [4.69, 9.17) is 0 Å². The maximum absolute atomic E-state index is 12.0. The van der Waals surface area contributed by atoms with Crippen LogP contribution in [0.4, 0.5) is 0 Å². The van der Waals surface area contributed by atoms with Crippen LogP contribution in [0.1, 0.15) is 16.1 Å². The van der Waals surface area contributed by atoms with Crippen LogP contribution in [0.3, 0.4) is 0 Å². The van der Waals surface area contributed by atoms with Crippen molar-refractivity contribution in [1.82, 2.24) is 4.98 Å². The van der Waals surface area contributed by atoms with Crippen molar-refractivity contribution in [3.63, 3.8) is 0 Å². The molecule has 0 fully saturated rings. The van der Waals surface area contributed by atoms with E-state index >= 15 is 0 Å². The van der Waals surface area contributed by atoms with Gasteiger partial charge in [0.15, 0.2) is 5.78 Å². The fourth-order valence-electron chi connectivity index (χ4n) is 2.16. The maximum Gasteiger partial charge on any atom is 0.185 e. The van der Waals surface area contributed by atoms with Gasteiger partial charge in [-0.3, -0.25) is 4.79 Å². The number of carbonyl (C=O) groups is 1. The molecule has 0 bridgehead atoms. The molecule has 3 aromatic rings. The van der Waals surface area contributed by atoms with E-state index in [1.165, 1.54) is 0 Å². The molecule has 1 aromatic heterocycles. The second kappa shape index (κ2) is 6.06. The van der Waals surface area contributed by atoms with Gasteiger partial charge in [-0.2, -0.15) is 0 Å². The Kier molecular flexibility index (Phi) is 3.79. The SMILES string of the molecule is O=C(/C=C/c1ccc(-c2ccccc2)[nH]1)c1ccccc1. The normalized spacial score (nSPS) is 10.9. The molecule has 0 atom stereocenters. The molecule has 0 unspecified atom stereocenters. The van der Waals surface area contributed by atoms with E-state index in [9.17, 15) is 4.79 Å². The summed E-state index contributed by atoms with van der Waals surface area (Å²) in [6, 6.07) is 23.3. The number of nitrogens with one attached hydrogen (secondary N) is 1. The van der Waals surface area contributed by atoms with Crippen LogP contribution < -0.4 is 0 Å². The van der Waals surface area contributed by atoms with Crippen LogP contribution in [-0.2, 0) is 0 Å². The second-order valence-corrected chi connectivity index (χ2v) is 4.76. The third-order valence-electron chi connectivity index (χ3n) is 3.27. The lowest BCUT2D eigenvalue weighted by molar-refractivity contribution is 0.104. The third-order valence-corrected chi connectivity index (χ3v) is 3.27. The van der Waals surface area contributed by atoms with Gasteiger partial charge >= 0.3 is 0 Å². The van der Waals surface area contributed by atoms with Crippen molar-refractivity contribution in [3.8, 4) is 11.3 Å². The molecule has 2 aromatic carbocycles. The van der Waals surface area contributed by atoms with Gasteiger partial charge in [0.1, 0.15) is 0 Å². The number of aromatic amines is 1. The summed E-state index contributed by atoms with van der Waals surface area (Å²) in [6.45, 7) is 0. The molecular weight excluding hydrogens is 258 g/mol. The van der Waals surface area contributed by atoms with Crippen LogP contribution in [0, 0.1) is 0 Å². The molecule has 0 saturated heterocycles. The van der Waals surface area contributed by atoms with Gasteiger partial charge in [0.25, 0.3) is 0 Å². The largest absolute Gasteiger partial charge is 0.355 e. The number of carbonyl (C=O) groups excluding carboxylic acids is 1. The molecule has 2 heteroatoms. The lowest BCUT2D eigenvalue weighted by atomic mass is 10.1. The Labute approximate surface area is 123 Å². The molecule has 0 aliphatic carbocycles. The molecule has 0 aliphatic rings. The number of hydrogen-bond donors (Lipinski definition) is 1. The van der Waals surface area contributed by atoms with Crippen LogP contribution in [0.15, 0.2) is 78.9 Å². The van der Waals surface area contributed by atoms with Crippen molar-refractivity contribution in [1.29, 1.82) is 0 Å². The summed E-state index contributed by atoms with van der Waals surface area (Å²) in [5, 5.41) is 0. The zero-order valence-electron chi connectivity index (χ0n) is 11.5. The van der Waals surface area contributed by atoms with Gasteiger partial charge in [-0.15, -0.1) is 0 Å². The lowest BCUT2D eigenvalue weighted by Gasteiger charge is -1.96. The monoisotopic (exact) mass is 273 g/mol. The molecule has 1 heterocycles. The van der Waals surface area contributed by atoms with Crippen molar-refractivity contribution in [2.75, 3.05) is 0 Å². The predicted molar refractivity (Wildman–Crippen MR) is 86.0 cm³/mol. The highest BCUT2D eigenvalue weighted by Crippen LogP contribution is 2.18. The summed E-state index contributed by atoms with van der Waals surface area (Å²) in [6.07, 6.45) is 3.40. The number of benzene rings is 2. The van der Waals surface area contributed by atoms with E-state index in [2.05, 4.69) is 17.1 Å². The summed E-state index contributed by atoms with van der Waals surface area (Å²) >= 11 is 0. The number of allylic oxidation sites excluding steroid dienone is 1. The molecule has 0 aliphatic heterocycles. The summed E-state index contributed by atoms with van der Waals surface area (Å²) in [4.78, 5) is 15.3. The number of ketones is 1. The number of aromatic nitrogens is 1. The number of hydrogen-bond acceptors (Lipinski definition) is 1. The van der Waals surface area contributed by atoms with Gasteiger partial charge in [0.05, 0.1) is 0 Å². The highest BCUT2D eigenvalue weighted by molar-refractivity contribution is 6.06. The van der Waals surface area contributed by atoms with Crippen molar-refractivity contribution >= 4 is 11.9 Å². The number of rotatable bonds is 4. The molecule has 0 amide bonds. The Morgan fingerprint density at radius 2 is 1.48 bits per heavy atom. The Morgan fingerprint density at radius 3 is 2.19 bits per heavy atom. The minimum absolute atomic E-state index is 0.00598. The van der Waals surface area contributed by atoms with E-state index in [0.717, 1.165) is 17.0 Å². The van der Waals surface area contributed by atoms with Crippen LogP contribution >= 0.6 is 0 Å². The van der Waals surface area contributed by atoms with Gasteiger partial charge in [0, 0.05) is 17.0 Å². The molecular formula is C19H15NO. The van der Waals surface area contributed by atoms with E-state index in [1.807, 2.05) is 66.7 Å². The van der Waals surface area contributed by atoms with Crippen LogP contribution in [0.5, 0.6) is 0 Å². The van der Waals surface area contributed by atoms with Gasteiger partial charge in [-0.05, 0) is 29.8 Å². The fourth-order valence-corrected chi connectivity index (χ4v) is 2.16. The predicted octanol–water partition coefficient (Wildman–Crippen LogP) is 4.58. The van der Waals surface area contributed by atoms with Crippen LogP contribution in [0.25, 0.3) is 17.3 Å². The van der Waals surface area contributed by atoms with Gasteiger partial charge < -0.3 is 4.98 Å². The zero-order valence-corrected chi connectivity index (χ0v) is 11.5. The summed E-state index contributed by atoms with van der Waals surface area (Å²) in [5.41, 5.74) is 3.79. The Bertz CT molecular complexity index is 755. The first-order valence-electron chi connectivity index (χ1n) is 6.85. The molecule has 21 heavy (non-hydrogen) atoms. The number of H-pyrrole nitrogens is 1. The lowest BCUT2D eigenvalue weighted by Crippen LogP contribution is -1.92. The molecule has 0 spiro atoms. The van der Waals surface area contributed by atoms with Crippen molar-refractivity contribution in [3.05, 3.63) is 90.1 Å². The first-order valence-corrected chi connectivity index (χ1v) is 6.85. The highest BCUT2D eigenvalue weighted by atomic mass is 16.1. The first kappa shape index (κ1) is 13.1. The smallest absolute Gasteiger partial charge is 0.185 e. The molecule has 1 N–H and O–H groups in total. The van der Waals surface area contributed by atoms with Crippen LogP contribution in [0.2, 0.25) is 0 Å². The van der Waals surface area contributed by atoms with E-state index < -0.39 is 0 Å². The third kappa shape index (κ3) is 3.18. The van der Waals surface area contributed by atoms with E-state index in [-0.39, 0.29) is 5.78 Å². The standard InChI is InChI=1S/C19H15NO/c21-19(16-9-5-2-6-10-16)14-12-17-11-13-18(20-17)15-7-3-1-4-8-15/h1-14,20H/b14-12+. The summed E-state index contributed by atoms with van der Waals surface area (Å²) in [7, 11) is 0. The summed E-state index contributed by atoms with van der Waals surface area (Å²) in [5.74, 6) is 0.00598. The average Bonchev–Trinajstić information content (AvgIpc) is 3.03. The van der Waals surface area contributed by atoms with E-state index in [1.54, 1.807) is 6.08 Å². The molecule has 0 radical (unpaired) electrons. The topological polar surface area (TPSA) is 32.9 Å². The molecule has 2 nitrogen and oxygen atoms in total. The van der Waals surface area contributed by atoms with Gasteiger partial charge in [0.2, 0.25) is 0 Å². The van der Waals surface area contributed by atoms with Crippen molar-refractivity contribution in [2.24, 2.45) is 0 Å². The molecule has 3 rings (SSSR count). The van der Waals surface area contributed by atoms with Crippen molar-refractivity contribution in [2.45, 2.75) is 0 Å². The minimum atomic E-state index is 0.00598. The van der Waals surface area contributed by atoms with Gasteiger partial charge in [-0.25, -0.2) is 0 Å².